The summed E-state index contributed by atoms with van der Waals surface area (Å²) in [5, 5.41) is 11.6. The molecule has 1 atom stereocenters. The van der Waals surface area contributed by atoms with E-state index < -0.39 is 5.91 Å². The van der Waals surface area contributed by atoms with E-state index in [1.165, 1.54) is 22.9 Å². The van der Waals surface area contributed by atoms with Crippen LogP contribution >= 0.6 is 11.8 Å². The normalized spacial score (nSPS) is 12.8. The fourth-order valence-corrected chi connectivity index (χ4v) is 4.54. The van der Waals surface area contributed by atoms with Crippen LogP contribution in [0.5, 0.6) is 0 Å². The van der Waals surface area contributed by atoms with Crippen LogP contribution in [0, 0.1) is 6.92 Å². The molecular formula is C30H38N6O2S. The maximum atomic E-state index is 13.7. The van der Waals surface area contributed by atoms with Crippen LogP contribution in [0.25, 0.3) is 17.3 Å². The van der Waals surface area contributed by atoms with Gasteiger partial charge in [-0.25, -0.2) is 9.67 Å². The van der Waals surface area contributed by atoms with Crippen molar-refractivity contribution in [1.29, 1.82) is 0 Å². The van der Waals surface area contributed by atoms with E-state index in [4.69, 9.17) is 5.73 Å². The Hall–Kier alpha value is -3.85. The van der Waals surface area contributed by atoms with Crippen LogP contribution in [0.1, 0.15) is 69.0 Å². The van der Waals surface area contributed by atoms with E-state index in [1.54, 1.807) is 6.20 Å². The molecule has 0 saturated carbocycles. The number of benzene rings is 1. The van der Waals surface area contributed by atoms with E-state index in [2.05, 4.69) is 59.7 Å². The SMILES string of the molecule is C/C=C(/C(=O)NC(CC)c1cc(NCC(N)=O)nc(SC)c1)c1cnn(-c2ccc(C)cc2)c1/C=C(\C)CC. The molecule has 8 nitrogen and oxygen atoms in total. The number of allylic oxidation sites excluding steroid dienone is 2. The highest BCUT2D eigenvalue weighted by atomic mass is 32.2. The van der Waals surface area contributed by atoms with E-state index in [9.17, 15) is 9.59 Å². The van der Waals surface area contributed by atoms with E-state index in [0.29, 0.717) is 17.8 Å². The first kappa shape index (κ1) is 29.7. The molecule has 2 aromatic heterocycles. The lowest BCUT2D eigenvalue weighted by Crippen LogP contribution is -2.29. The monoisotopic (exact) mass is 546 g/mol. The number of carbonyl (C=O) groups is 2. The van der Waals surface area contributed by atoms with Gasteiger partial charge >= 0.3 is 0 Å². The Kier molecular flexibility index (Phi) is 10.5. The minimum atomic E-state index is -0.472. The number of nitrogens with one attached hydrogen (secondary N) is 2. The molecule has 1 unspecified atom stereocenters. The molecule has 0 spiro atoms. The third-order valence-corrected chi connectivity index (χ3v) is 7.07. The number of anilines is 1. The number of hydrogen-bond acceptors (Lipinski definition) is 6. The third-order valence-electron chi connectivity index (χ3n) is 6.44. The van der Waals surface area contributed by atoms with Crippen molar-refractivity contribution in [2.24, 2.45) is 5.73 Å². The molecule has 2 heterocycles. The number of carbonyl (C=O) groups excluding carboxylic acids is 2. The zero-order chi connectivity index (χ0) is 28.5. The van der Waals surface area contributed by atoms with Crippen molar-refractivity contribution in [2.45, 2.75) is 58.5 Å². The zero-order valence-electron chi connectivity index (χ0n) is 23.5. The molecule has 39 heavy (non-hydrogen) atoms. The minimum absolute atomic E-state index is 0.0193. The average Bonchev–Trinajstić information content (AvgIpc) is 3.33. The Morgan fingerprint density at radius 3 is 2.49 bits per heavy atom. The topological polar surface area (TPSA) is 115 Å². The molecule has 0 aliphatic heterocycles. The van der Waals surface area contributed by atoms with Gasteiger partial charge in [0.2, 0.25) is 5.91 Å². The Bertz CT molecular complexity index is 1370. The number of rotatable bonds is 12. The second kappa shape index (κ2) is 13.8. The number of thioether (sulfide) groups is 1. The average molecular weight is 547 g/mol. The van der Waals surface area contributed by atoms with Crippen LogP contribution in [0.2, 0.25) is 0 Å². The third kappa shape index (κ3) is 7.60. The van der Waals surface area contributed by atoms with Crippen LogP contribution < -0.4 is 16.4 Å². The lowest BCUT2D eigenvalue weighted by atomic mass is 10.0. The molecule has 3 rings (SSSR count). The van der Waals surface area contributed by atoms with E-state index in [0.717, 1.165) is 34.0 Å². The first-order valence-electron chi connectivity index (χ1n) is 13.1. The highest BCUT2D eigenvalue weighted by molar-refractivity contribution is 7.98. The molecule has 0 aliphatic carbocycles. The van der Waals surface area contributed by atoms with Crippen molar-refractivity contribution in [1.82, 2.24) is 20.1 Å². The summed E-state index contributed by atoms with van der Waals surface area (Å²) < 4.78 is 1.88. The Labute approximate surface area is 235 Å². The summed E-state index contributed by atoms with van der Waals surface area (Å²) in [7, 11) is 0. The van der Waals surface area contributed by atoms with Gasteiger partial charge in [0.1, 0.15) is 5.82 Å². The van der Waals surface area contributed by atoms with Crippen molar-refractivity contribution < 1.29 is 9.59 Å². The number of pyridine rings is 1. The van der Waals surface area contributed by atoms with Crippen molar-refractivity contribution in [3.8, 4) is 5.69 Å². The lowest BCUT2D eigenvalue weighted by Gasteiger charge is -2.20. The number of aromatic nitrogens is 3. The summed E-state index contributed by atoms with van der Waals surface area (Å²) in [6, 6.07) is 11.7. The number of hydrogen-bond donors (Lipinski definition) is 3. The summed E-state index contributed by atoms with van der Waals surface area (Å²) in [4.78, 5) is 29.5. The molecule has 2 amide bonds. The fraction of sp³-hybridized carbons (Fsp3) is 0.333. The standard InChI is InChI=1S/C30H38N6O2S/c1-7-19(4)14-26-24(17-33-36(26)22-12-10-20(5)11-13-22)23(8-2)30(38)34-25(9-3)21-15-28(32-18-27(31)37)35-29(16-21)39-6/h8,10-17,25H,7,9,18H2,1-6H3,(H2,31,37)(H,32,35)(H,34,38)/b19-14+,23-8+. The summed E-state index contributed by atoms with van der Waals surface area (Å²) >= 11 is 1.49. The van der Waals surface area contributed by atoms with E-state index >= 15 is 0 Å². The summed E-state index contributed by atoms with van der Waals surface area (Å²) in [6.45, 7) is 10.1. The molecule has 0 aliphatic rings. The van der Waals surface area contributed by atoms with E-state index in [1.807, 2.05) is 55.1 Å². The minimum Gasteiger partial charge on any atom is -0.368 e. The van der Waals surface area contributed by atoms with Gasteiger partial charge in [0, 0.05) is 11.1 Å². The second-order valence-corrected chi connectivity index (χ2v) is 10.1. The Morgan fingerprint density at radius 2 is 1.90 bits per heavy atom. The predicted molar refractivity (Wildman–Crippen MR) is 161 cm³/mol. The maximum absolute atomic E-state index is 13.7. The highest BCUT2D eigenvalue weighted by Gasteiger charge is 2.22. The maximum Gasteiger partial charge on any atom is 0.252 e. The van der Waals surface area contributed by atoms with Crippen LogP contribution in [0.15, 0.2) is 59.3 Å². The largest absolute Gasteiger partial charge is 0.368 e. The molecule has 1 aromatic carbocycles. The summed E-state index contributed by atoms with van der Waals surface area (Å²) in [6.07, 6.45) is 9.17. The molecule has 206 valence electrons. The number of primary amides is 1. The number of amides is 2. The van der Waals surface area contributed by atoms with Gasteiger partial charge in [0.25, 0.3) is 5.91 Å². The van der Waals surface area contributed by atoms with Gasteiger partial charge in [-0.05, 0) is 75.8 Å². The van der Waals surface area contributed by atoms with Crippen LogP contribution in [0.3, 0.4) is 0 Å². The van der Waals surface area contributed by atoms with Crippen LogP contribution in [-0.4, -0.2) is 39.4 Å². The van der Waals surface area contributed by atoms with Gasteiger partial charge in [-0.3, -0.25) is 9.59 Å². The van der Waals surface area contributed by atoms with Crippen molar-refractivity contribution in [3.05, 3.63) is 76.6 Å². The number of nitrogens with zero attached hydrogens (tertiary/aromatic N) is 3. The first-order chi connectivity index (χ1) is 18.7. The molecule has 0 bridgehead atoms. The molecule has 0 radical (unpaired) electrons. The van der Waals surface area contributed by atoms with Gasteiger partial charge in [0.15, 0.2) is 0 Å². The smallest absolute Gasteiger partial charge is 0.252 e. The molecule has 0 fully saturated rings. The number of aryl methyl sites for hydroxylation is 1. The molecule has 0 saturated heterocycles. The quantitative estimate of drug-likeness (QED) is 0.199. The van der Waals surface area contributed by atoms with Crippen LogP contribution in [-0.2, 0) is 9.59 Å². The van der Waals surface area contributed by atoms with Crippen LogP contribution in [0.4, 0.5) is 5.82 Å². The molecule has 3 aromatic rings. The van der Waals surface area contributed by atoms with Gasteiger partial charge < -0.3 is 16.4 Å². The Balaban J connectivity index is 1.97. The lowest BCUT2D eigenvalue weighted by molar-refractivity contribution is -0.117. The predicted octanol–water partition coefficient (Wildman–Crippen LogP) is 5.68. The Morgan fingerprint density at radius 1 is 1.18 bits per heavy atom. The van der Waals surface area contributed by atoms with Gasteiger partial charge in [-0.15, -0.1) is 11.8 Å². The fourth-order valence-electron chi connectivity index (χ4n) is 4.10. The van der Waals surface area contributed by atoms with Gasteiger partial charge in [-0.1, -0.05) is 43.2 Å². The first-order valence-corrected chi connectivity index (χ1v) is 14.3. The molecular weight excluding hydrogens is 508 g/mol. The highest BCUT2D eigenvalue weighted by Crippen LogP contribution is 2.28. The number of nitrogens with two attached hydrogens (primary N) is 1. The second-order valence-electron chi connectivity index (χ2n) is 9.32. The van der Waals surface area contributed by atoms with Gasteiger partial charge in [0.05, 0.1) is 35.2 Å². The molecule has 4 N–H and O–H groups in total. The zero-order valence-corrected chi connectivity index (χ0v) is 24.4. The van der Waals surface area contributed by atoms with Crippen molar-refractivity contribution >= 4 is 41.0 Å². The molecule has 9 heteroatoms. The van der Waals surface area contributed by atoms with E-state index in [-0.39, 0.29) is 18.5 Å². The van der Waals surface area contributed by atoms with Crippen molar-refractivity contribution in [2.75, 3.05) is 18.1 Å². The summed E-state index contributed by atoms with van der Waals surface area (Å²) in [5.74, 6) is -0.123. The summed E-state index contributed by atoms with van der Waals surface area (Å²) in [5.41, 5.74) is 11.6. The van der Waals surface area contributed by atoms with Crippen molar-refractivity contribution in [3.63, 3.8) is 0 Å². The van der Waals surface area contributed by atoms with Gasteiger partial charge in [-0.2, -0.15) is 5.10 Å².